The summed E-state index contributed by atoms with van der Waals surface area (Å²) in [6.45, 7) is 0. The number of aryl methyl sites for hydroxylation is 1. The molecular weight excluding hydrogens is 435 g/mol. The zero-order valence-electron chi connectivity index (χ0n) is 17.7. The van der Waals surface area contributed by atoms with E-state index in [1.54, 1.807) is 30.1 Å². The highest BCUT2D eigenvalue weighted by molar-refractivity contribution is 5.94. The Morgan fingerprint density at radius 1 is 1.06 bits per heavy atom. The largest absolute Gasteiger partial charge is 0.496 e. The van der Waals surface area contributed by atoms with Gasteiger partial charge in [-0.25, -0.2) is 9.67 Å². The number of hydrogen-bond acceptors (Lipinski definition) is 4. The Balaban J connectivity index is 1.60. The fourth-order valence-electron chi connectivity index (χ4n) is 3.44. The van der Waals surface area contributed by atoms with E-state index in [9.17, 15) is 18.0 Å². The van der Waals surface area contributed by atoms with E-state index in [1.165, 1.54) is 30.5 Å². The lowest BCUT2D eigenvalue weighted by Gasteiger charge is -2.21. The molecule has 2 aromatic heterocycles. The van der Waals surface area contributed by atoms with Crippen LogP contribution in [0, 0.1) is 0 Å². The van der Waals surface area contributed by atoms with Crippen molar-refractivity contribution in [2.45, 2.75) is 12.2 Å². The van der Waals surface area contributed by atoms with Crippen molar-refractivity contribution in [1.29, 1.82) is 0 Å². The fourth-order valence-corrected chi connectivity index (χ4v) is 3.44. The van der Waals surface area contributed by atoms with Crippen LogP contribution in [0.3, 0.4) is 0 Å². The molecule has 1 N–H and O–H groups in total. The van der Waals surface area contributed by atoms with Crippen molar-refractivity contribution in [3.63, 3.8) is 0 Å². The standard InChI is InChI=1S/C23H20F3N5O2/c1-30-14-12-27-21(30)20(17-5-3-4-6-18(17)33-2)28-22(32)15-7-9-16(10-8-15)31-13-11-19(29-31)23(24,25)26/h3-14,20H,1-2H3,(H,28,32). The number of imidazole rings is 1. The third-order valence-electron chi connectivity index (χ3n) is 5.12. The van der Waals surface area contributed by atoms with E-state index in [0.29, 0.717) is 22.8 Å². The van der Waals surface area contributed by atoms with Crippen LogP contribution >= 0.6 is 0 Å². The van der Waals surface area contributed by atoms with Crippen molar-refractivity contribution in [2.24, 2.45) is 7.05 Å². The molecule has 0 aliphatic rings. The van der Waals surface area contributed by atoms with Gasteiger partial charge in [0.05, 0.1) is 12.8 Å². The van der Waals surface area contributed by atoms with E-state index < -0.39 is 17.9 Å². The first-order valence-electron chi connectivity index (χ1n) is 9.92. The first-order valence-corrected chi connectivity index (χ1v) is 9.92. The summed E-state index contributed by atoms with van der Waals surface area (Å²) in [4.78, 5) is 17.4. The van der Waals surface area contributed by atoms with E-state index in [-0.39, 0.29) is 5.91 Å². The van der Waals surface area contributed by atoms with Crippen LogP contribution in [-0.2, 0) is 13.2 Å². The zero-order valence-corrected chi connectivity index (χ0v) is 17.7. The molecule has 1 amide bonds. The van der Waals surface area contributed by atoms with Gasteiger partial charge >= 0.3 is 6.18 Å². The number of hydrogen-bond donors (Lipinski definition) is 1. The molecule has 4 rings (SSSR count). The van der Waals surface area contributed by atoms with Gasteiger partial charge in [-0.2, -0.15) is 18.3 Å². The van der Waals surface area contributed by atoms with E-state index in [1.807, 2.05) is 25.2 Å². The maximum absolute atomic E-state index is 13.1. The second-order valence-electron chi connectivity index (χ2n) is 7.23. The minimum absolute atomic E-state index is 0.330. The molecule has 1 atom stereocenters. The van der Waals surface area contributed by atoms with E-state index >= 15 is 0 Å². The molecule has 2 heterocycles. The third-order valence-corrected chi connectivity index (χ3v) is 5.12. The van der Waals surface area contributed by atoms with Gasteiger partial charge in [0, 0.05) is 36.8 Å². The van der Waals surface area contributed by atoms with Crippen molar-refractivity contribution in [3.8, 4) is 11.4 Å². The van der Waals surface area contributed by atoms with Crippen molar-refractivity contribution >= 4 is 5.91 Å². The predicted molar refractivity (Wildman–Crippen MR) is 114 cm³/mol. The van der Waals surface area contributed by atoms with E-state index in [2.05, 4.69) is 15.4 Å². The molecule has 0 spiro atoms. The Morgan fingerprint density at radius 2 is 1.79 bits per heavy atom. The van der Waals surface area contributed by atoms with Crippen LogP contribution in [0.15, 0.2) is 73.2 Å². The number of para-hydroxylation sites is 1. The van der Waals surface area contributed by atoms with Crippen molar-refractivity contribution in [3.05, 3.63) is 95.8 Å². The molecule has 0 aliphatic carbocycles. The van der Waals surface area contributed by atoms with Gasteiger partial charge in [0.1, 0.15) is 17.6 Å². The molecule has 0 bridgehead atoms. The van der Waals surface area contributed by atoms with Crippen LogP contribution < -0.4 is 10.1 Å². The second kappa shape index (κ2) is 8.81. The number of alkyl halides is 3. The molecule has 1 unspecified atom stereocenters. The van der Waals surface area contributed by atoms with Gasteiger partial charge in [-0.1, -0.05) is 18.2 Å². The first-order chi connectivity index (χ1) is 15.8. The number of aromatic nitrogens is 4. The van der Waals surface area contributed by atoms with Gasteiger partial charge in [-0.3, -0.25) is 4.79 Å². The quantitative estimate of drug-likeness (QED) is 0.474. The maximum atomic E-state index is 13.1. The highest BCUT2D eigenvalue weighted by atomic mass is 19.4. The smallest absolute Gasteiger partial charge is 0.435 e. The molecular formula is C23H20F3N5O2. The molecule has 0 saturated heterocycles. The Hall–Kier alpha value is -4.08. The van der Waals surface area contributed by atoms with Crippen LogP contribution in [0.1, 0.15) is 33.5 Å². The normalized spacial score (nSPS) is 12.4. The van der Waals surface area contributed by atoms with Gasteiger partial charge in [0.15, 0.2) is 5.69 Å². The zero-order chi connectivity index (χ0) is 23.6. The van der Waals surface area contributed by atoms with Crippen molar-refractivity contribution < 1.29 is 22.7 Å². The predicted octanol–water partition coefficient (Wildman–Crippen LogP) is 4.15. The number of ether oxygens (including phenoxy) is 1. The summed E-state index contributed by atoms with van der Waals surface area (Å²) < 4.78 is 46.8. The number of amides is 1. The average Bonchev–Trinajstić information content (AvgIpc) is 3.47. The molecule has 4 aromatic rings. The molecule has 33 heavy (non-hydrogen) atoms. The summed E-state index contributed by atoms with van der Waals surface area (Å²) in [6, 6.07) is 13.7. The average molecular weight is 455 g/mol. The van der Waals surface area contributed by atoms with Crippen LogP contribution in [0.2, 0.25) is 0 Å². The molecule has 7 nitrogen and oxygen atoms in total. The van der Waals surface area contributed by atoms with Gasteiger partial charge in [-0.05, 0) is 36.4 Å². The number of carbonyl (C=O) groups excluding carboxylic acids is 1. The molecule has 0 fully saturated rings. The number of halogens is 3. The lowest BCUT2D eigenvalue weighted by molar-refractivity contribution is -0.141. The van der Waals surface area contributed by atoms with Gasteiger partial charge < -0.3 is 14.6 Å². The summed E-state index contributed by atoms with van der Waals surface area (Å²) >= 11 is 0. The van der Waals surface area contributed by atoms with Crippen LogP contribution in [0.25, 0.3) is 5.69 Å². The highest BCUT2D eigenvalue weighted by Gasteiger charge is 2.33. The van der Waals surface area contributed by atoms with Crippen molar-refractivity contribution in [1.82, 2.24) is 24.6 Å². The lowest BCUT2D eigenvalue weighted by atomic mass is 10.0. The Labute approximate surface area is 187 Å². The summed E-state index contributed by atoms with van der Waals surface area (Å²) in [7, 11) is 3.37. The van der Waals surface area contributed by atoms with Crippen LogP contribution in [-0.4, -0.2) is 32.3 Å². The first kappa shape index (κ1) is 22.1. The number of methoxy groups -OCH3 is 1. The molecule has 0 aliphatic heterocycles. The topological polar surface area (TPSA) is 74.0 Å². The molecule has 2 aromatic carbocycles. The van der Waals surface area contributed by atoms with Crippen LogP contribution in [0.5, 0.6) is 5.75 Å². The van der Waals surface area contributed by atoms with E-state index in [0.717, 1.165) is 16.3 Å². The molecule has 10 heteroatoms. The monoisotopic (exact) mass is 455 g/mol. The number of nitrogens with one attached hydrogen (secondary N) is 1. The number of benzene rings is 2. The molecule has 0 radical (unpaired) electrons. The summed E-state index contributed by atoms with van der Waals surface area (Å²) in [5.74, 6) is 0.831. The second-order valence-corrected chi connectivity index (χ2v) is 7.23. The Kier molecular flexibility index (Phi) is 5.91. The van der Waals surface area contributed by atoms with E-state index in [4.69, 9.17) is 4.74 Å². The lowest BCUT2D eigenvalue weighted by Crippen LogP contribution is -2.31. The number of nitrogens with zero attached hydrogens (tertiary/aromatic N) is 4. The van der Waals surface area contributed by atoms with Crippen LogP contribution in [0.4, 0.5) is 13.2 Å². The fraction of sp³-hybridized carbons (Fsp3) is 0.174. The molecule has 0 saturated carbocycles. The van der Waals surface area contributed by atoms with Gasteiger partial charge in [0.2, 0.25) is 0 Å². The Morgan fingerprint density at radius 3 is 2.39 bits per heavy atom. The maximum Gasteiger partial charge on any atom is 0.435 e. The van der Waals surface area contributed by atoms with Gasteiger partial charge in [-0.15, -0.1) is 0 Å². The number of carbonyl (C=O) groups is 1. The minimum Gasteiger partial charge on any atom is -0.496 e. The number of rotatable bonds is 6. The summed E-state index contributed by atoms with van der Waals surface area (Å²) in [6.07, 6.45) is 0.107. The van der Waals surface area contributed by atoms with Crippen molar-refractivity contribution in [2.75, 3.05) is 7.11 Å². The summed E-state index contributed by atoms with van der Waals surface area (Å²) in [5.41, 5.74) is 0.470. The third kappa shape index (κ3) is 4.59. The highest BCUT2D eigenvalue weighted by Crippen LogP contribution is 2.30. The minimum atomic E-state index is -4.52. The van der Waals surface area contributed by atoms with Gasteiger partial charge in [0.25, 0.3) is 5.91 Å². The molecule has 170 valence electrons. The Bertz CT molecular complexity index is 1260. The SMILES string of the molecule is COc1ccccc1C(NC(=O)c1ccc(-n2ccc(C(F)(F)F)n2)cc1)c1nccn1C. The summed E-state index contributed by atoms with van der Waals surface area (Å²) in [5, 5.41) is 6.52.